The van der Waals surface area contributed by atoms with Gasteiger partial charge in [-0.15, -0.1) is 0 Å². The fourth-order valence-corrected chi connectivity index (χ4v) is 1.48. The van der Waals surface area contributed by atoms with Crippen LogP contribution in [0.3, 0.4) is 0 Å². The maximum atomic E-state index is 4.30. The highest BCUT2D eigenvalue weighted by atomic mass is 15.3. The average molecular weight is 266 g/mol. The van der Waals surface area contributed by atoms with Crippen LogP contribution in [-0.4, -0.2) is 11.4 Å². The smallest absolute Gasteiger partial charge is 0.0805 e. The van der Waals surface area contributed by atoms with E-state index in [1.54, 1.807) is 0 Å². The molecule has 0 spiro atoms. The largest absolute Gasteiger partial charge is 0.278 e. The number of hydrazone groups is 2. The maximum Gasteiger partial charge on any atom is 0.0805 e. The number of hydrogen-bond donors (Lipinski definition) is 2. The molecule has 4 heteroatoms. The first kappa shape index (κ1) is 13.8. The molecule has 0 radical (unpaired) electrons. The number of rotatable bonds is 5. The Morgan fingerprint density at radius 1 is 0.650 bits per heavy atom. The Bertz CT molecular complexity index is 533. The summed E-state index contributed by atoms with van der Waals surface area (Å²) in [7, 11) is 0. The molecular formula is C16H18N4. The average Bonchev–Trinajstić information content (AvgIpc) is 2.52. The summed E-state index contributed by atoms with van der Waals surface area (Å²) >= 11 is 0. The highest BCUT2D eigenvalue weighted by molar-refractivity contribution is 6.40. The Kier molecular flexibility index (Phi) is 4.89. The van der Waals surface area contributed by atoms with E-state index in [9.17, 15) is 0 Å². The Hall–Kier alpha value is -2.62. The van der Waals surface area contributed by atoms with Gasteiger partial charge in [-0.1, -0.05) is 36.4 Å². The molecule has 4 nitrogen and oxygen atoms in total. The molecule has 20 heavy (non-hydrogen) atoms. The quantitative estimate of drug-likeness (QED) is 0.635. The van der Waals surface area contributed by atoms with Crippen molar-refractivity contribution in [3.8, 4) is 0 Å². The molecule has 0 bridgehead atoms. The number of anilines is 2. The molecule has 0 amide bonds. The minimum atomic E-state index is 0.831. The third-order valence-corrected chi connectivity index (χ3v) is 2.78. The molecule has 2 aromatic carbocycles. The molecule has 0 unspecified atom stereocenters. The van der Waals surface area contributed by atoms with E-state index < -0.39 is 0 Å². The lowest BCUT2D eigenvalue weighted by Gasteiger charge is -2.04. The van der Waals surface area contributed by atoms with Gasteiger partial charge in [-0.25, -0.2) is 0 Å². The highest BCUT2D eigenvalue weighted by Gasteiger charge is 1.97. The molecule has 0 atom stereocenters. The Morgan fingerprint density at radius 3 is 1.35 bits per heavy atom. The lowest BCUT2D eigenvalue weighted by Crippen LogP contribution is -2.10. The summed E-state index contributed by atoms with van der Waals surface area (Å²) in [6.45, 7) is 3.84. The molecular weight excluding hydrogens is 248 g/mol. The molecule has 0 aliphatic carbocycles. The normalized spacial score (nSPS) is 12.1. The second-order valence-electron chi connectivity index (χ2n) is 4.35. The molecule has 0 saturated heterocycles. The summed E-state index contributed by atoms with van der Waals surface area (Å²) in [6.07, 6.45) is 0. The van der Waals surface area contributed by atoms with Crippen molar-refractivity contribution in [1.82, 2.24) is 0 Å². The third-order valence-electron chi connectivity index (χ3n) is 2.78. The second kappa shape index (κ2) is 7.09. The van der Waals surface area contributed by atoms with Gasteiger partial charge >= 0.3 is 0 Å². The van der Waals surface area contributed by atoms with Crippen molar-refractivity contribution in [1.29, 1.82) is 0 Å². The summed E-state index contributed by atoms with van der Waals surface area (Å²) in [5.74, 6) is 0. The van der Waals surface area contributed by atoms with E-state index in [1.807, 2.05) is 74.5 Å². The van der Waals surface area contributed by atoms with Gasteiger partial charge in [0, 0.05) is 0 Å². The van der Waals surface area contributed by atoms with Crippen molar-refractivity contribution in [2.24, 2.45) is 10.2 Å². The topological polar surface area (TPSA) is 48.8 Å². The monoisotopic (exact) mass is 266 g/mol. The van der Waals surface area contributed by atoms with Crippen LogP contribution in [0.4, 0.5) is 11.4 Å². The van der Waals surface area contributed by atoms with Crippen LogP contribution in [0.15, 0.2) is 70.9 Å². The fraction of sp³-hybridized carbons (Fsp3) is 0.125. The summed E-state index contributed by atoms with van der Waals surface area (Å²) in [6, 6.07) is 19.6. The van der Waals surface area contributed by atoms with E-state index in [0.29, 0.717) is 0 Å². The molecule has 0 aliphatic heterocycles. The van der Waals surface area contributed by atoms with E-state index in [0.717, 1.165) is 22.8 Å². The highest BCUT2D eigenvalue weighted by Crippen LogP contribution is 2.06. The van der Waals surface area contributed by atoms with E-state index in [1.165, 1.54) is 0 Å². The van der Waals surface area contributed by atoms with Crippen molar-refractivity contribution >= 4 is 22.8 Å². The van der Waals surface area contributed by atoms with Gasteiger partial charge in [0.1, 0.15) is 0 Å². The number of hydrogen-bond acceptors (Lipinski definition) is 4. The zero-order chi connectivity index (χ0) is 14.2. The standard InChI is InChI=1S/C16H18N4/c1-13(17-19-15-9-5-3-6-10-15)14(2)18-20-16-11-7-4-8-12-16/h3-12,19-20H,1-2H3/b17-13+,18-14+. The van der Waals surface area contributed by atoms with Gasteiger partial charge in [0.15, 0.2) is 0 Å². The van der Waals surface area contributed by atoms with Gasteiger partial charge in [0.25, 0.3) is 0 Å². The van der Waals surface area contributed by atoms with Crippen molar-refractivity contribution in [2.75, 3.05) is 10.9 Å². The Labute approximate surface area is 119 Å². The zero-order valence-electron chi connectivity index (χ0n) is 11.7. The summed E-state index contributed by atoms with van der Waals surface area (Å²) < 4.78 is 0. The SMILES string of the molecule is CC(=N\Nc1ccccc1)/C(C)=N/Nc1ccccc1. The van der Waals surface area contributed by atoms with Crippen molar-refractivity contribution in [3.63, 3.8) is 0 Å². The van der Waals surface area contributed by atoms with Crippen LogP contribution in [0.25, 0.3) is 0 Å². The molecule has 102 valence electrons. The second-order valence-corrected chi connectivity index (χ2v) is 4.35. The van der Waals surface area contributed by atoms with Crippen LogP contribution >= 0.6 is 0 Å². The van der Waals surface area contributed by atoms with Gasteiger partial charge in [-0.05, 0) is 38.1 Å². The van der Waals surface area contributed by atoms with Crippen molar-refractivity contribution in [3.05, 3.63) is 60.7 Å². The number of nitrogens with zero attached hydrogens (tertiary/aromatic N) is 2. The van der Waals surface area contributed by atoms with E-state index in [2.05, 4.69) is 21.1 Å². The van der Waals surface area contributed by atoms with Crippen LogP contribution in [0.2, 0.25) is 0 Å². The molecule has 0 fully saturated rings. The maximum absolute atomic E-state index is 4.30. The molecule has 0 saturated carbocycles. The van der Waals surface area contributed by atoms with Crippen molar-refractivity contribution < 1.29 is 0 Å². The van der Waals surface area contributed by atoms with Crippen LogP contribution < -0.4 is 10.9 Å². The Balaban J connectivity index is 1.95. The molecule has 0 aliphatic rings. The lowest BCUT2D eigenvalue weighted by molar-refractivity contribution is 1.31. The number of para-hydroxylation sites is 2. The van der Waals surface area contributed by atoms with E-state index in [-0.39, 0.29) is 0 Å². The predicted molar refractivity (Wildman–Crippen MR) is 86.3 cm³/mol. The van der Waals surface area contributed by atoms with Gasteiger partial charge in [-0.3, -0.25) is 10.9 Å². The first-order valence-corrected chi connectivity index (χ1v) is 6.47. The van der Waals surface area contributed by atoms with Gasteiger partial charge < -0.3 is 0 Å². The van der Waals surface area contributed by atoms with E-state index >= 15 is 0 Å². The van der Waals surface area contributed by atoms with Crippen LogP contribution in [0.5, 0.6) is 0 Å². The first-order chi connectivity index (χ1) is 9.75. The number of benzene rings is 2. The van der Waals surface area contributed by atoms with E-state index in [4.69, 9.17) is 0 Å². The van der Waals surface area contributed by atoms with Gasteiger partial charge in [0.2, 0.25) is 0 Å². The molecule has 2 aromatic rings. The zero-order valence-corrected chi connectivity index (χ0v) is 11.7. The molecule has 2 N–H and O–H groups in total. The van der Waals surface area contributed by atoms with Crippen LogP contribution in [-0.2, 0) is 0 Å². The number of nitrogens with one attached hydrogen (secondary N) is 2. The Morgan fingerprint density at radius 2 is 1.00 bits per heavy atom. The molecule has 0 aromatic heterocycles. The third kappa shape index (κ3) is 4.24. The van der Waals surface area contributed by atoms with Crippen LogP contribution in [0.1, 0.15) is 13.8 Å². The van der Waals surface area contributed by atoms with Crippen LogP contribution in [0, 0.1) is 0 Å². The minimum Gasteiger partial charge on any atom is -0.278 e. The van der Waals surface area contributed by atoms with Gasteiger partial charge in [-0.2, -0.15) is 10.2 Å². The fourth-order valence-electron chi connectivity index (χ4n) is 1.48. The lowest BCUT2D eigenvalue weighted by atomic mass is 10.3. The summed E-state index contributed by atoms with van der Waals surface area (Å²) in [5, 5.41) is 8.60. The molecule has 0 heterocycles. The predicted octanol–water partition coefficient (Wildman–Crippen LogP) is 3.96. The summed E-state index contributed by atoms with van der Waals surface area (Å²) in [4.78, 5) is 0. The van der Waals surface area contributed by atoms with Crippen molar-refractivity contribution in [2.45, 2.75) is 13.8 Å². The minimum absolute atomic E-state index is 0.831. The molecule has 2 rings (SSSR count). The summed E-state index contributed by atoms with van der Waals surface area (Å²) in [5.41, 5.74) is 9.58. The van der Waals surface area contributed by atoms with Gasteiger partial charge in [0.05, 0.1) is 22.8 Å². The first-order valence-electron chi connectivity index (χ1n) is 6.47.